The summed E-state index contributed by atoms with van der Waals surface area (Å²) in [6.07, 6.45) is 0.541. The second-order valence-electron chi connectivity index (χ2n) is 2.16. The summed E-state index contributed by atoms with van der Waals surface area (Å²) in [6, 6.07) is 0. The second kappa shape index (κ2) is 7.62. The van der Waals surface area contributed by atoms with Gasteiger partial charge in [0.05, 0.1) is 0 Å². The molecule has 0 aliphatic rings. The fourth-order valence-electron chi connectivity index (χ4n) is 0.327. The van der Waals surface area contributed by atoms with Crippen molar-refractivity contribution in [2.45, 2.75) is 18.4 Å². The molecule has 0 unspecified atom stereocenters. The van der Waals surface area contributed by atoms with Crippen molar-refractivity contribution in [3.8, 4) is 0 Å². The van der Waals surface area contributed by atoms with Crippen LogP contribution in [-0.2, 0) is 14.9 Å². The van der Waals surface area contributed by atoms with E-state index in [-0.39, 0.29) is 5.75 Å². The molecule has 0 spiro atoms. The van der Waals surface area contributed by atoms with Gasteiger partial charge in [0.1, 0.15) is 0 Å². The van der Waals surface area contributed by atoms with Crippen molar-refractivity contribution >= 4 is 33.8 Å². The Hall–Kier alpha value is -0.0226. The number of rotatable bonds is 3. The molecule has 0 radical (unpaired) electrons. The molecular weight excluding hydrogens is 179 g/mol. The zero-order chi connectivity index (χ0) is 10.2. The molecule has 0 fully saturated rings. The third-order valence-corrected chi connectivity index (χ3v) is 1.56. The van der Waals surface area contributed by atoms with Crippen LogP contribution in [0.2, 0.25) is 5.09 Å². The first-order chi connectivity index (χ1) is 5.29. The van der Waals surface area contributed by atoms with E-state index in [1.165, 1.54) is 0 Å². The molecular formula is C5H11LiO5S. The summed E-state index contributed by atoms with van der Waals surface area (Å²) in [4.78, 5) is 9.00. The predicted molar refractivity (Wildman–Crippen MR) is 44.9 cm³/mol. The van der Waals surface area contributed by atoms with Gasteiger partial charge in [-0.25, -0.2) is 0 Å². The Kier molecular flexibility index (Phi) is 9.20. The molecule has 0 aromatic carbocycles. The summed E-state index contributed by atoms with van der Waals surface area (Å²) < 4.78 is 28.0. The van der Waals surface area contributed by atoms with Gasteiger partial charge < -0.3 is 5.11 Å². The van der Waals surface area contributed by atoms with Crippen molar-refractivity contribution in [2.75, 3.05) is 5.75 Å². The number of carbonyl (C=O) groups is 1. The van der Waals surface area contributed by atoms with E-state index in [0.717, 1.165) is 12.0 Å². The standard InChI is InChI=1S/C3H7O3S.C2H4O2.Li/c1-2-3-7(4,5)6;1-2(3)4;/h1-3H2,(H,4,5,6);1H3,(H,3,4);. The molecule has 0 rings (SSSR count). The van der Waals surface area contributed by atoms with Crippen molar-refractivity contribution in [3.05, 3.63) is 0 Å². The predicted octanol–water partition coefficient (Wildman–Crippen LogP) is -0.0580. The van der Waals surface area contributed by atoms with Gasteiger partial charge in [-0.2, -0.15) is 0 Å². The number of hydrogen-bond acceptors (Lipinski definition) is 3. The van der Waals surface area contributed by atoms with Crippen LogP contribution < -0.4 is 0 Å². The number of carboxylic acids is 1. The van der Waals surface area contributed by atoms with Gasteiger partial charge in [0.2, 0.25) is 0 Å². The van der Waals surface area contributed by atoms with Crippen molar-refractivity contribution in [2.24, 2.45) is 0 Å². The summed E-state index contributed by atoms with van der Waals surface area (Å²) in [5.74, 6) is -0.941. The van der Waals surface area contributed by atoms with E-state index in [4.69, 9.17) is 14.5 Å². The van der Waals surface area contributed by atoms with Crippen LogP contribution >= 0.6 is 0 Å². The first kappa shape index (κ1) is 14.5. The van der Waals surface area contributed by atoms with Crippen LogP contribution in [0.15, 0.2) is 0 Å². The van der Waals surface area contributed by atoms with Gasteiger partial charge in [-0.15, -0.1) is 0 Å². The fourth-order valence-corrected chi connectivity index (χ4v) is 0.980. The number of hydrogen-bond donors (Lipinski definition) is 2. The zero-order valence-electron chi connectivity index (χ0n) is 7.15. The van der Waals surface area contributed by atoms with Crippen LogP contribution in [0.3, 0.4) is 0 Å². The third-order valence-electron chi connectivity index (χ3n) is 0.756. The van der Waals surface area contributed by atoms with Crippen LogP contribution in [0.4, 0.5) is 0 Å². The molecule has 5 nitrogen and oxygen atoms in total. The van der Waals surface area contributed by atoms with E-state index < -0.39 is 16.1 Å². The Morgan fingerprint density at radius 1 is 1.50 bits per heavy atom. The van der Waals surface area contributed by atoms with Gasteiger partial charge in [0, 0.05) is 6.92 Å². The Bertz CT molecular complexity index is 206. The maximum absolute atomic E-state index is 9.95. The Balaban J connectivity index is 0. The van der Waals surface area contributed by atoms with Crippen LogP contribution in [0.25, 0.3) is 0 Å². The van der Waals surface area contributed by atoms with Crippen molar-refractivity contribution < 1.29 is 22.9 Å². The molecule has 0 saturated carbocycles. The summed E-state index contributed by atoms with van der Waals surface area (Å²) in [5.41, 5.74) is 0. The van der Waals surface area contributed by atoms with Gasteiger partial charge in [-0.1, -0.05) is 0 Å². The molecule has 0 aliphatic carbocycles. The van der Waals surface area contributed by atoms with Gasteiger partial charge in [-0.05, 0) is 0 Å². The van der Waals surface area contributed by atoms with E-state index in [2.05, 4.69) is 0 Å². The monoisotopic (exact) mass is 190 g/mol. The van der Waals surface area contributed by atoms with Crippen LogP contribution in [0, 0.1) is 0 Å². The number of carboxylic acid groups (broad SMARTS) is 1. The maximum atomic E-state index is 9.95. The minimum absolute atomic E-state index is 0.108. The molecule has 0 bridgehead atoms. The minimum atomic E-state index is -3.69. The van der Waals surface area contributed by atoms with E-state index in [1.807, 2.05) is 17.7 Å². The normalized spacial score (nSPS) is 10.0. The summed E-state index contributed by atoms with van der Waals surface area (Å²) >= 11 is 1.87. The molecule has 0 aromatic heterocycles. The van der Waals surface area contributed by atoms with E-state index >= 15 is 0 Å². The Labute approximate surface area is 81.1 Å². The molecule has 68 valence electrons. The van der Waals surface area contributed by atoms with Crippen LogP contribution in [-0.4, -0.2) is 47.5 Å². The van der Waals surface area contributed by atoms with Crippen molar-refractivity contribution in [1.29, 1.82) is 0 Å². The SMILES string of the molecule is CC(=O)O.[Li][CH2]CCS(=O)(=O)O. The molecule has 0 saturated heterocycles. The first-order valence-corrected chi connectivity index (χ1v) is 5.05. The van der Waals surface area contributed by atoms with Crippen molar-refractivity contribution in [3.63, 3.8) is 0 Å². The molecule has 12 heavy (non-hydrogen) atoms. The van der Waals surface area contributed by atoms with E-state index in [9.17, 15) is 8.42 Å². The van der Waals surface area contributed by atoms with E-state index in [1.54, 1.807) is 0 Å². The van der Waals surface area contributed by atoms with E-state index in [0.29, 0.717) is 6.42 Å². The molecule has 0 atom stereocenters. The molecule has 0 aliphatic heterocycles. The third kappa shape index (κ3) is 32.5. The average Bonchev–Trinajstić information content (AvgIpc) is 1.80. The first-order valence-electron chi connectivity index (χ1n) is 3.44. The fraction of sp³-hybridized carbons (Fsp3) is 0.800. The molecule has 7 heteroatoms. The Morgan fingerprint density at radius 2 is 1.83 bits per heavy atom. The zero-order valence-corrected chi connectivity index (χ0v) is 7.97. The quantitative estimate of drug-likeness (QED) is 0.480. The second-order valence-corrected chi connectivity index (χ2v) is 3.73. The summed E-state index contributed by atoms with van der Waals surface area (Å²) in [7, 11) is -3.69. The van der Waals surface area contributed by atoms with Crippen molar-refractivity contribution in [1.82, 2.24) is 0 Å². The average molecular weight is 190 g/mol. The molecule has 0 heterocycles. The van der Waals surface area contributed by atoms with Gasteiger partial charge in [0.15, 0.2) is 0 Å². The molecule has 2 N–H and O–H groups in total. The van der Waals surface area contributed by atoms with Gasteiger partial charge in [-0.3, -0.25) is 4.79 Å². The summed E-state index contributed by atoms with van der Waals surface area (Å²) in [6.45, 7) is 1.08. The molecule has 0 amide bonds. The van der Waals surface area contributed by atoms with Crippen LogP contribution in [0.5, 0.6) is 0 Å². The van der Waals surface area contributed by atoms with Crippen LogP contribution in [0.1, 0.15) is 13.3 Å². The topological polar surface area (TPSA) is 91.7 Å². The summed E-state index contributed by atoms with van der Waals surface area (Å²) in [5, 5.41) is 8.21. The number of aliphatic carboxylic acids is 1. The Morgan fingerprint density at radius 3 is 1.92 bits per heavy atom. The van der Waals surface area contributed by atoms with Gasteiger partial charge in [0.25, 0.3) is 5.97 Å². The van der Waals surface area contributed by atoms with Gasteiger partial charge >= 0.3 is 58.1 Å². The molecule has 0 aromatic rings.